The van der Waals surface area contributed by atoms with Crippen LogP contribution in [-0.2, 0) is 17.8 Å². The number of hydrogen-bond acceptors (Lipinski definition) is 3. The van der Waals surface area contributed by atoms with Crippen molar-refractivity contribution < 1.29 is 4.79 Å². The molecule has 0 aliphatic heterocycles. The van der Waals surface area contributed by atoms with Crippen molar-refractivity contribution in [1.82, 2.24) is 14.7 Å². The fraction of sp³-hybridized carbons (Fsp3) is 0.375. The van der Waals surface area contributed by atoms with Gasteiger partial charge in [0.1, 0.15) is 0 Å². The molecule has 2 rings (SSSR count). The largest absolute Gasteiger partial charge is 0.309 e. The van der Waals surface area contributed by atoms with Crippen LogP contribution in [0.4, 0.5) is 5.82 Å². The van der Waals surface area contributed by atoms with E-state index in [-0.39, 0.29) is 5.91 Å². The number of nitrogens with one attached hydrogen (secondary N) is 1. The highest BCUT2D eigenvalue weighted by atomic mass is 16.1. The minimum absolute atomic E-state index is 0.00304. The molecule has 112 valence electrons. The van der Waals surface area contributed by atoms with Gasteiger partial charge in [0.2, 0.25) is 5.91 Å². The normalized spacial score (nSPS) is 10.8. The highest BCUT2D eigenvalue weighted by molar-refractivity contribution is 5.89. The molecular weight excluding hydrogens is 264 g/mol. The van der Waals surface area contributed by atoms with Gasteiger partial charge in [-0.05, 0) is 26.1 Å². The van der Waals surface area contributed by atoms with Crippen LogP contribution in [0.3, 0.4) is 0 Å². The lowest BCUT2D eigenvalue weighted by molar-refractivity contribution is -0.116. The number of nitrogens with zero attached hydrogens (tertiary/aromatic N) is 3. The van der Waals surface area contributed by atoms with E-state index in [1.54, 1.807) is 0 Å². The van der Waals surface area contributed by atoms with Gasteiger partial charge in [-0.3, -0.25) is 9.48 Å². The minimum atomic E-state index is -0.00304. The third-order valence-corrected chi connectivity index (χ3v) is 3.17. The first-order chi connectivity index (χ1) is 10.1. The van der Waals surface area contributed by atoms with Crippen molar-refractivity contribution in [2.24, 2.45) is 0 Å². The van der Waals surface area contributed by atoms with Gasteiger partial charge >= 0.3 is 0 Å². The van der Waals surface area contributed by atoms with Crippen LogP contribution in [0.15, 0.2) is 42.6 Å². The molecule has 1 N–H and O–H groups in total. The zero-order chi connectivity index (χ0) is 15.1. The summed E-state index contributed by atoms with van der Waals surface area (Å²) in [6, 6.07) is 11.8. The van der Waals surface area contributed by atoms with Crippen LogP contribution in [0.1, 0.15) is 12.0 Å². The monoisotopic (exact) mass is 286 g/mol. The van der Waals surface area contributed by atoms with Crippen molar-refractivity contribution in [3.8, 4) is 0 Å². The molecule has 0 saturated heterocycles. The Morgan fingerprint density at radius 1 is 1.24 bits per heavy atom. The number of anilines is 1. The highest BCUT2D eigenvalue weighted by Gasteiger charge is 2.05. The molecule has 21 heavy (non-hydrogen) atoms. The zero-order valence-corrected chi connectivity index (χ0v) is 12.6. The summed E-state index contributed by atoms with van der Waals surface area (Å²) in [4.78, 5) is 14.0. The fourth-order valence-corrected chi connectivity index (χ4v) is 1.96. The van der Waals surface area contributed by atoms with Gasteiger partial charge in [-0.25, -0.2) is 0 Å². The lowest BCUT2D eigenvalue weighted by Gasteiger charge is -2.08. The van der Waals surface area contributed by atoms with Crippen molar-refractivity contribution >= 4 is 11.7 Å². The maximum atomic E-state index is 11.9. The number of rotatable bonds is 7. The first-order valence-electron chi connectivity index (χ1n) is 7.15. The van der Waals surface area contributed by atoms with Crippen LogP contribution in [0.2, 0.25) is 0 Å². The lowest BCUT2D eigenvalue weighted by atomic mass is 10.1. The number of carbonyl (C=O) groups is 1. The van der Waals surface area contributed by atoms with E-state index in [1.807, 2.05) is 61.4 Å². The first-order valence-corrected chi connectivity index (χ1v) is 7.15. The average molecular weight is 286 g/mol. The summed E-state index contributed by atoms with van der Waals surface area (Å²) >= 11 is 0. The molecule has 0 aliphatic carbocycles. The maximum Gasteiger partial charge on any atom is 0.225 e. The van der Waals surface area contributed by atoms with Crippen molar-refractivity contribution in [3.63, 3.8) is 0 Å². The average Bonchev–Trinajstić information content (AvgIpc) is 2.91. The standard InChI is InChI=1S/C16H22N4O/c1-19(2)12-13-20-11-10-15(18-20)17-16(21)9-8-14-6-4-3-5-7-14/h3-7,10-11H,8-9,12-13H2,1-2H3,(H,17,18,21). The van der Waals surface area contributed by atoms with E-state index in [1.165, 1.54) is 5.56 Å². The molecule has 0 saturated carbocycles. The quantitative estimate of drug-likeness (QED) is 0.847. The van der Waals surface area contributed by atoms with Gasteiger partial charge in [0.25, 0.3) is 0 Å². The summed E-state index contributed by atoms with van der Waals surface area (Å²) in [5.41, 5.74) is 1.17. The Balaban J connectivity index is 1.77. The number of hydrogen-bond donors (Lipinski definition) is 1. The van der Waals surface area contributed by atoms with E-state index < -0.39 is 0 Å². The number of aromatic nitrogens is 2. The van der Waals surface area contributed by atoms with Crippen LogP contribution >= 0.6 is 0 Å². The number of aryl methyl sites for hydroxylation is 1. The fourth-order valence-electron chi connectivity index (χ4n) is 1.96. The Kier molecular flexibility index (Phi) is 5.51. The second kappa shape index (κ2) is 7.59. The molecule has 5 heteroatoms. The molecule has 0 spiro atoms. The number of carbonyl (C=O) groups excluding carboxylic acids is 1. The van der Waals surface area contributed by atoms with Gasteiger partial charge in [-0.1, -0.05) is 30.3 Å². The van der Waals surface area contributed by atoms with Crippen LogP contribution in [0, 0.1) is 0 Å². The Hall–Kier alpha value is -2.14. The summed E-state index contributed by atoms with van der Waals surface area (Å²) in [6.45, 7) is 1.73. The molecule has 5 nitrogen and oxygen atoms in total. The van der Waals surface area contributed by atoms with Crippen LogP contribution in [-0.4, -0.2) is 41.2 Å². The third-order valence-electron chi connectivity index (χ3n) is 3.17. The van der Waals surface area contributed by atoms with Crippen LogP contribution < -0.4 is 5.32 Å². The molecule has 0 atom stereocenters. The Morgan fingerprint density at radius 2 is 2.00 bits per heavy atom. The summed E-state index contributed by atoms with van der Waals surface area (Å²) in [5.74, 6) is 0.614. The minimum Gasteiger partial charge on any atom is -0.309 e. The smallest absolute Gasteiger partial charge is 0.225 e. The molecule has 0 fully saturated rings. The molecule has 2 aromatic rings. The Labute approximate surface area is 125 Å². The van der Waals surface area contributed by atoms with Gasteiger partial charge < -0.3 is 10.2 Å². The molecule has 1 aromatic carbocycles. The molecule has 1 heterocycles. The summed E-state index contributed by atoms with van der Waals surface area (Å²) in [6.07, 6.45) is 3.10. The molecule has 1 aromatic heterocycles. The Bertz CT molecular complexity index is 563. The Morgan fingerprint density at radius 3 is 2.71 bits per heavy atom. The predicted octanol–water partition coefficient (Wildman–Crippen LogP) is 2.02. The molecule has 0 aliphatic rings. The van der Waals surface area contributed by atoms with Crippen molar-refractivity contribution in [3.05, 3.63) is 48.2 Å². The van der Waals surface area contributed by atoms with E-state index in [4.69, 9.17) is 0 Å². The highest BCUT2D eigenvalue weighted by Crippen LogP contribution is 2.06. The second-order valence-electron chi connectivity index (χ2n) is 5.30. The summed E-state index contributed by atoms with van der Waals surface area (Å²) in [5, 5.41) is 7.17. The van der Waals surface area contributed by atoms with Crippen molar-refractivity contribution in [1.29, 1.82) is 0 Å². The molecular formula is C16H22N4O. The van der Waals surface area contributed by atoms with E-state index in [0.29, 0.717) is 12.2 Å². The number of benzene rings is 1. The number of likely N-dealkylation sites (N-methyl/N-ethyl adjacent to an activating group) is 1. The van der Waals surface area contributed by atoms with E-state index in [2.05, 4.69) is 15.3 Å². The molecule has 0 unspecified atom stereocenters. The van der Waals surface area contributed by atoms with E-state index in [0.717, 1.165) is 19.5 Å². The molecule has 1 amide bonds. The van der Waals surface area contributed by atoms with E-state index >= 15 is 0 Å². The lowest BCUT2D eigenvalue weighted by Crippen LogP contribution is -2.19. The van der Waals surface area contributed by atoms with Gasteiger partial charge in [-0.2, -0.15) is 5.10 Å². The molecule has 0 radical (unpaired) electrons. The van der Waals surface area contributed by atoms with Gasteiger partial charge in [0.15, 0.2) is 5.82 Å². The van der Waals surface area contributed by atoms with Gasteiger partial charge in [0, 0.05) is 25.2 Å². The SMILES string of the molecule is CN(C)CCn1ccc(NC(=O)CCc2ccccc2)n1. The molecule has 0 bridgehead atoms. The topological polar surface area (TPSA) is 50.2 Å². The predicted molar refractivity (Wildman–Crippen MR) is 84.2 cm³/mol. The van der Waals surface area contributed by atoms with Crippen molar-refractivity contribution in [2.45, 2.75) is 19.4 Å². The maximum absolute atomic E-state index is 11.9. The zero-order valence-electron chi connectivity index (χ0n) is 12.6. The summed E-state index contributed by atoms with van der Waals surface area (Å²) in [7, 11) is 4.05. The van der Waals surface area contributed by atoms with Gasteiger partial charge in [0.05, 0.1) is 6.54 Å². The summed E-state index contributed by atoms with van der Waals surface area (Å²) < 4.78 is 1.84. The third kappa shape index (κ3) is 5.39. The van der Waals surface area contributed by atoms with Gasteiger partial charge in [-0.15, -0.1) is 0 Å². The second-order valence-corrected chi connectivity index (χ2v) is 5.30. The van der Waals surface area contributed by atoms with Crippen LogP contribution in [0.5, 0.6) is 0 Å². The van der Waals surface area contributed by atoms with E-state index in [9.17, 15) is 4.79 Å². The van der Waals surface area contributed by atoms with Crippen molar-refractivity contribution in [2.75, 3.05) is 26.0 Å². The first kappa shape index (κ1) is 15.3. The number of amides is 1. The van der Waals surface area contributed by atoms with Crippen LogP contribution in [0.25, 0.3) is 0 Å².